The number of aromatic amines is 2. The number of hydrogen-bond donors (Lipinski definition) is 14. The van der Waals surface area contributed by atoms with Crippen LogP contribution in [0.4, 0.5) is 0 Å². The Morgan fingerprint density at radius 3 is 1.48 bits per heavy atom. The fourth-order valence-electron chi connectivity index (χ4n) is 9.22. The number of aromatic nitrogens is 4. The number of H-pyrrole nitrogens is 2. The standard InChI is InChI=1S/C51H74N14O14/c1-26(2)39(48(75)60-36(23-67)51(78)79)61-47(74)38-14-10-16-65(38)50(77)41(28(5)68)63-45(72)35(19-31-21-54-25-56-31)58-44(71)34(18-30-20-53-24-55-30)57-43(70)33(17-29-11-7-6-8-12-29)59-46(73)37-13-9-15-64(37)49(76)40(27(3)4)62-42(69)32(52)22-66/h6-8,11-12,20-21,24-28,32-41,66-68H,9-10,13-19,22-23,52H2,1-5H3,(H,53,55)(H,54,56)(H,57,70)(H,58,71)(H,59,73)(H,60,75)(H,61,74)(H,62,69)(H,63,72)(H,78,79)/t28-,32+,33+,34+,35+,36+,37+,38+,39+,40+,41+/m1/s1. The maximum absolute atomic E-state index is 14.6. The number of aliphatic carboxylic acids is 1. The lowest BCUT2D eigenvalue weighted by atomic mass is 10.0. The van der Waals surface area contributed by atoms with Crippen LogP contribution in [0.25, 0.3) is 0 Å². The van der Waals surface area contributed by atoms with E-state index in [1.165, 1.54) is 36.9 Å². The lowest BCUT2D eigenvalue weighted by Gasteiger charge is -2.32. The van der Waals surface area contributed by atoms with Crippen molar-refractivity contribution < 1.29 is 68.4 Å². The number of rotatable bonds is 28. The van der Waals surface area contributed by atoms with Crippen molar-refractivity contribution in [1.82, 2.24) is 67.0 Å². The van der Waals surface area contributed by atoms with Crippen LogP contribution in [0.2, 0.25) is 0 Å². The molecule has 0 spiro atoms. The number of nitrogens with two attached hydrogens (primary N) is 1. The number of amides is 9. The molecule has 15 N–H and O–H groups in total. The molecule has 432 valence electrons. The molecule has 0 unspecified atom stereocenters. The van der Waals surface area contributed by atoms with E-state index in [0.717, 1.165) is 4.90 Å². The fraction of sp³-hybridized carbons (Fsp3) is 0.569. The summed E-state index contributed by atoms with van der Waals surface area (Å²) in [5.41, 5.74) is 7.06. The number of carbonyl (C=O) groups excluding carboxylic acids is 9. The van der Waals surface area contributed by atoms with Gasteiger partial charge in [0.25, 0.3) is 0 Å². The van der Waals surface area contributed by atoms with Gasteiger partial charge in [-0.1, -0.05) is 58.0 Å². The van der Waals surface area contributed by atoms with E-state index in [4.69, 9.17) is 5.73 Å². The van der Waals surface area contributed by atoms with Gasteiger partial charge in [0.05, 0.1) is 32.0 Å². The normalized spacial score (nSPS) is 18.7. The van der Waals surface area contributed by atoms with E-state index in [9.17, 15) is 68.4 Å². The van der Waals surface area contributed by atoms with Gasteiger partial charge in [0.15, 0.2) is 0 Å². The summed E-state index contributed by atoms with van der Waals surface area (Å²) in [6.07, 6.45) is 4.43. The number of aliphatic hydroxyl groups excluding tert-OH is 3. The first-order valence-electron chi connectivity index (χ1n) is 26.1. The monoisotopic (exact) mass is 1110 g/mol. The number of aliphatic hydroxyl groups is 3. The third-order valence-electron chi connectivity index (χ3n) is 13.7. The Morgan fingerprint density at radius 2 is 1.04 bits per heavy atom. The summed E-state index contributed by atoms with van der Waals surface area (Å²) in [4.78, 5) is 154. The molecule has 0 saturated carbocycles. The van der Waals surface area contributed by atoms with Gasteiger partial charge in [-0.25, -0.2) is 14.8 Å². The Kier molecular flexibility index (Phi) is 23.0. The van der Waals surface area contributed by atoms with Crippen molar-refractivity contribution >= 4 is 59.1 Å². The molecular weight excluding hydrogens is 1030 g/mol. The Hall–Kier alpha value is -7.82. The molecule has 2 saturated heterocycles. The molecule has 11 atom stereocenters. The maximum Gasteiger partial charge on any atom is 0.328 e. The van der Waals surface area contributed by atoms with Crippen molar-refractivity contribution in [2.45, 2.75) is 146 Å². The molecule has 9 amide bonds. The maximum atomic E-state index is 14.6. The highest BCUT2D eigenvalue weighted by atomic mass is 16.4. The van der Waals surface area contributed by atoms with Crippen molar-refractivity contribution in [1.29, 1.82) is 0 Å². The molecule has 0 aliphatic carbocycles. The zero-order valence-electron chi connectivity index (χ0n) is 44.7. The van der Waals surface area contributed by atoms with Crippen LogP contribution in [0, 0.1) is 11.8 Å². The average molecular weight is 1110 g/mol. The lowest BCUT2D eigenvalue weighted by molar-refractivity contribution is -0.145. The van der Waals surface area contributed by atoms with Crippen molar-refractivity contribution in [2.24, 2.45) is 17.6 Å². The van der Waals surface area contributed by atoms with Gasteiger partial charge in [0, 0.05) is 56.1 Å². The highest BCUT2D eigenvalue weighted by Gasteiger charge is 2.43. The first kappa shape index (κ1) is 62.0. The SMILES string of the molecule is CC(C)[C@H](NC(=O)[C@@H]1CCCN1C(=O)[C@@H](NC(=O)[C@H](Cc1cnc[nH]1)NC(=O)[C@H](Cc1cnc[nH]1)NC(=O)[C@H](Cc1ccccc1)NC(=O)[C@@H]1CCCN1C(=O)[C@@H](NC(=O)[C@@H](N)CO)C(C)C)[C@@H](C)O)C(=O)N[C@@H](CO)C(=O)O. The van der Waals surface area contributed by atoms with Crippen LogP contribution in [0.1, 0.15) is 77.3 Å². The number of carbonyl (C=O) groups is 10. The van der Waals surface area contributed by atoms with E-state index in [-0.39, 0.29) is 45.2 Å². The molecular formula is C51H74N14O14. The van der Waals surface area contributed by atoms with E-state index in [1.807, 2.05) is 0 Å². The van der Waals surface area contributed by atoms with Gasteiger partial charge in [-0.15, -0.1) is 0 Å². The number of carboxylic acids is 1. The first-order chi connectivity index (χ1) is 37.5. The predicted octanol–water partition coefficient (Wildman–Crippen LogP) is -4.37. The fourth-order valence-corrected chi connectivity index (χ4v) is 9.22. The van der Waals surface area contributed by atoms with Gasteiger partial charge >= 0.3 is 5.97 Å². The summed E-state index contributed by atoms with van der Waals surface area (Å²) >= 11 is 0. The molecule has 5 rings (SSSR count). The smallest absolute Gasteiger partial charge is 0.328 e. The Labute approximate surface area is 455 Å². The van der Waals surface area contributed by atoms with Crippen molar-refractivity contribution in [3.63, 3.8) is 0 Å². The van der Waals surface area contributed by atoms with Gasteiger partial charge in [0.1, 0.15) is 60.4 Å². The van der Waals surface area contributed by atoms with E-state index in [0.29, 0.717) is 29.8 Å². The van der Waals surface area contributed by atoms with Crippen LogP contribution < -0.4 is 43.0 Å². The molecule has 2 aliphatic rings. The van der Waals surface area contributed by atoms with E-state index in [2.05, 4.69) is 57.2 Å². The third kappa shape index (κ3) is 17.1. The Balaban J connectivity index is 1.37. The molecule has 3 aromatic rings. The van der Waals surface area contributed by atoms with Crippen LogP contribution in [0.5, 0.6) is 0 Å². The van der Waals surface area contributed by atoms with Crippen LogP contribution >= 0.6 is 0 Å². The second kappa shape index (κ2) is 29.2. The number of nitrogens with zero attached hydrogens (tertiary/aromatic N) is 4. The van der Waals surface area contributed by atoms with Crippen molar-refractivity contribution in [3.05, 3.63) is 72.3 Å². The Bertz CT molecular complexity index is 2570. The molecule has 0 bridgehead atoms. The highest BCUT2D eigenvalue weighted by molar-refractivity contribution is 5.99. The molecule has 4 heterocycles. The second-order valence-corrected chi connectivity index (χ2v) is 20.4. The number of likely N-dealkylation sites (tertiary alicyclic amines) is 2. The minimum absolute atomic E-state index is 0.00610. The predicted molar refractivity (Wildman–Crippen MR) is 279 cm³/mol. The van der Waals surface area contributed by atoms with E-state index in [1.54, 1.807) is 58.0 Å². The number of hydrogen-bond acceptors (Lipinski definition) is 16. The van der Waals surface area contributed by atoms with Crippen molar-refractivity contribution in [2.75, 3.05) is 26.3 Å². The van der Waals surface area contributed by atoms with E-state index >= 15 is 0 Å². The van der Waals surface area contributed by atoms with Crippen LogP contribution in [-0.4, -0.2) is 202 Å². The van der Waals surface area contributed by atoms with Gasteiger partial charge < -0.3 is 83.1 Å². The third-order valence-corrected chi connectivity index (χ3v) is 13.7. The molecule has 2 aliphatic heterocycles. The molecule has 28 heteroatoms. The average Bonchev–Trinajstić information content (AvgIpc) is 4.38. The Morgan fingerprint density at radius 1 is 0.582 bits per heavy atom. The number of benzene rings is 1. The zero-order chi connectivity index (χ0) is 58.1. The number of carboxylic acid groups (broad SMARTS) is 1. The number of imidazole rings is 2. The molecule has 28 nitrogen and oxygen atoms in total. The van der Waals surface area contributed by atoms with Crippen LogP contribution in [0.15, 0.2) is 55.4 Å². The largest absolute Gasteiger partial charge is 0.480 e. The molecule has 2 aromatic heterocycles. The zero-order valence-corrected chi connectivity index (χ0v) is 44.7. The minimum Gasteiger partial charge on any atom is -0.480 e. The van der Waals surface area contributed by atoms with Crippen LogP contribution in [0.3, 0.4) is 0 Å². The summed E-state index contributed by atoms with van der Waals surface area (Å²) in [6.45, 7) is 6.41. The number of nitrogens with one attached hydrogen (secondary N) is 9. The first-order valence-corrected chi connectivity index (χ1v) is 26.1. The highest BCUT2D eigenvalue weighted by Crippen LogP contribution is 2.23. The van der Waals surface area contributed by atoms with Crippen molar-refractivity contribution in [3.8, 4) is 0 Å². The van der Waals surface area contributed by atoms with Gasteiger partial charge in [-0.3, -0.25) is 43.2 Å². The second-order valence-electron chi connectivity index (χ2n) is 20.4. The molecule has 79 heavy (non-hydrogen) atoms. The van der Waals surface area contributed by atoms with E-state index < -0.39 is 151 Å². The molecule has 1 aromatic carbocycles. The lowest BCUT2D eigenvalue weighted by Crippen LogP contribution is -2.62. The van der Waals surface area contributed by atoms with Gasteiger partial charge in [0.2, 0.25) is 53.2 Å². The summed E-state index contributed by atoms with van der Waals surface area (Å²) in [6, 6.07) is -4.93. The summed E-state index contributed by atoms with van der Waals surface area (Å²) < 4.78 is 0. The molecule has 0 radical (unpaired) electrons. The summed E-state index contributed by atoms with van der Waals surface area (Å²) in [5, 5.41) is 57.3. The molecule has 2 fully saturated rings. The topological polar surface area (TPSA) is 426 Å². The van der Waals surface area contributed by atoms with Crippen LogP contribution in [-0.2, 0) is 67.2 Å². The summed E-state index contributed by atoms with van der Waals surface area (Å²) in [5.74, 6) is -9.76. The van der Waals surface area contributed by atoms with Gasteiger partial charge in [-0.2, -0.15) is 0 Å². The van der Waals surface area contributed by atoms with Gasteiger partial charge in [-0.05, 0) is 50.0 Å². The minimum atomic E-state index is -1.69. The summed E-state index contributed by atoms with van der Waals surface area (Å²) in [7, 11) is 0. The quantitative estimate of drug-likeness (QED) is 0.0327.